The Morgan fingerprint density at radius 1 is 0.944 bits per heavy atom. The molecule has 0 saturated heterocycles. The summed E-state index contributed by atoms with van der Waals surface area (Å²) in [6.07, 6.45) is 1.57. The summed E-state index contributed by atoms with van der Waals surface area (Å²) in [4.78, 5) is 12.2. The van der Waals surface area contributed by atoms with Crippen LogP contribution in [0.3, 0.4) is 0 Å². The molecule has 0 unspecified atom stereocenters. The molecule has 0 atom stereocenters. The standard InChI is InChI=1S/C26H24N4O3S3/c1-32-22-13-12-21(14-23(22)33-16-19-8-4-2-5-9-19)15-27-28-24(31)18-35-26-30-29-25(36-26)34-17-20-10-6-3-7-11-20/h2-15H,16-18H2,1H3,(H,28,31)/b27-15-. The molecule has 36 heavy (non-hydrogen) atoms. The Kier molecular flexibility index (Phi) is 9.78. The van der Waals surface area contributed by atoms with Gasteiger partial charge in [0.1, 0.15) is 6.61 Å². The number of rotatable bonds is 12. The molecule has 1 heterocycles. The molecule has 3 aromatic carbocycles. The van der Waals surface area contributed by atoms with E-state index in [1.165, 1.54) is 28.7 Å². The molecule has 0 bridgehead atoms. The van der Waals surface area contributed by atoms with Crippen molar-refractivity contribution in [2.75, 3.05) is 12.9 Å². The first-order valence-electron chi connectivity index (χ1n) is 11.0. The van der Waals surface area contributed by atoms with Crippen LogP contribution in [0.4, 0.5) is 0 Å². The van der Waals surface area contributed by atoms with Crippen molar-refractivity contribution in [2.45, 2.75) is 21.0 Å². The first-order valence-corrected chi connectivity index (χ1v) is 13.8. The van der Waals surface area contributed by atoms with Crippen molar-refractivity contribution >= 4 is 47.0 Å². The van der Waals surface area contributed by atoms with E-state index in [0.29, 0.717) is 18.1 Å². The highest BCUT2D eigenvalue weighted by molar-refractivity contribution is 8.03. The van der Waals surface area contributed by atoms with E-state index in [1.807, 2.05) is 66.7 Å². The van der Waals surface area contributed by atoms with Gasteiger partial charge < -0.3 is 9.47 Å². The number of nitrogens with zero attached hydrogens (tertiary/aromatic N) is 3. The highest BCUT2D eigenvalue weighted by atomic mass is 32.2. The van der Waals surface area contributed by atoms with Crippen LogP contribution >= 0.6 is 34.9 Å². The topological polar surface area (TPSA) is 85.7 Å². The quantitative estimate of drug-likeness (QED) is 0.142. The number of nitrogens with one attached hydrogen (secondary N) is 1. The molecular weight excluding hydrogens is 513 g/mol. The number of hydrazone groups is 1. The smallest absolute Gasteiger partial charge is 0.250 e. The normalized spacial score (nSPS) is 10.9. The molecule has 10 heteroatoms. The van der Waals surface area contributed by atoms with Crippen LogP contribution in [-0.2, 0) is 17.2 Å². The van der Waals surface area contributed by atoms with Gasteiger partial charge in [0.15, 0.2) is 20.2 Å². The van der Waals surface area contributed by atoms with E-state index in [-0.39, 0.29) is 11.7 Å². The van der Waals surface area contributed by atoms with Gasteiger partial charge in [0.2, 0.25) is 0 Å². The van der Waals surface area contributed by atoms with Crippen LogP contribution in [0.5, 0.6) is 11.5 Å². The first-order chi connectivity index (χ1) is 17.7. The van der Waals surface area contributed by atoms with Crippen molar-refractivity contribution in [3.05, 3.63) is 95.6 Å². The maximum Gasteiger partial charge on any atom is 0.250 e. The van der Waals surface area contributed by atoms with Gasteiger partial charge in [-0.05, 0) is 34.9 Å². The summed E-state index contributed by atoms with van der Waals surface area (Å²) in [5.41, 5.74) is 5.61. The van der Waals surface area contributed by atoms with E-state index in [1.54, 1.807) is 25.1 Å². The number of carbonyl (C=O) groups is 1. The molecule has 0 aliphatic carbocycles. The second-order valence-corrected chi connectivity index (χ2v) is 10.8. The Morgan fingerprint density at radius 3 is 2.36 bits per heavy atom. The number of hydrogen-bond acceptors (Lipinski definition) is 9. The molecule has 1 N–H and O–H groups in total. The van der Waals surface area contributed by atoms with E-state index in [4.69, 9.17) is 9.47 Å². The molecule has 0 fully saturated rings. The van der Waals surface area contributed by atoms with Crippen LogP contribution in [0.2, 0.25) is 0 Å². The summed E-state index contributed by atoms with van der Waals surface area (Å²) in [7, 11) is 1.60. The van der Waals surface area contributed by atoms with Crippen molar-refractivity contribution < 1.29 is 14.3 Å². The summed E-state index contributed by atoms with van der Waals surface area (Å²) in [5, 5.41) is 12.4. The number of aromatic nitrogens is 2. The van der Waals surface area contributed by atoms with Gasteiger partial charge in [-0.2, -0.15) is 5.10 Å². The van der Waals surface area contributed by atoms with Gasteiger partial charge in [-0.15, -0.1) is 10.2 Å². The van der Waals surface area contributed by atoms with Crippen LogP contribution < -0.4 is 14.9 Å². The molecule has 184 valence electrons. The zero-order valence-electron chi connectivity index (χ0n) is 19.5. The molecular formula is C26H24N4O3S3. The Hall–Kier alpha value is -3.34. The maximum absolute atomic E-state index is 12.2. The lowest BCUT2D eigenvalue weighted by Gasteiger charge is -2.11. The Morgan fingerprint density at radius 2 is 1.64 bits per heavy atom. The molecule has 0 aliphatic heterocycles. The summed E-state index contributed by atoms with van der Waals surface area (Å²) in [6, 6.07) is 25.6. The summed E-state index contributed by atoms with van der Waals surface area (Å²) >= 11 is 4.45. The van der Waals surface area contributed by atoms with Crippen molar-refractivity contribution in [3.8, 4) is 11.5 Å². The van der Waals surface area contributed by atoms with E-state index in [0.717, 1.165) is 25.6 Å². The van der Waals surface area contributed by atoms with Crippen molar-refractivity contribution in [3.63, 3.8) is 0 Å². The highest BCUT2D eigenvalue weighted by Crippen LogP contribution is 2.31. The van der Waals surface area contributed by atoms with Crippen molar-refractivity contribution in [1.29, 1.82) is 0 Å². The third kappa shape index (κ3) is 8.11. The minimum atomic E-state index is -0.223. The van der Waals surface area contributed by atoms with Crippen molar-refractivity contribution in [1.82, 2.24) is 15.6 Å². The van der Waals surface area contributed by atoms with Gasteiger partial charge in [-0.1, -0.05) is 95.5 Å². The Balaban J connectivity index is 1.23. The molecule has 7 nitrogen and oxygen atoms in total. The van der Waals surface area contributed by atoms with Gasteiger partial charge in [0, 0.05) is 5.75 Å². The average Bonchev–Trinajstić information content (AvgIpc) is 3.39. The lowest BCUT2D eigenvalue weighted by molar-refractivity contribution is -0.118. The first kappa shape index (κ1) is 25.7. The third-order valence-corrected chi connectivity index (χ3v) is 8.01. The number of benzene rings is 3. The van der Waals surface area contributed by atoms with E-state index < -0.39 is 0 Å². The Bertz CT molecular complexity index is 1280. The minimum Gasteiger partial charge on any atom is -0.493 e. The summed E-state index contributed by atoms with van der Waals surface area (Å²) in [5.74, 6) is 2.04. The molecule has 0 radical (unpaired) electrons. The molecule has 1 amide bonds. The fourth-order valence-electron chi connectivity index (χ4n) is 2.99. The minimum absolute atomic E-state index is 0.198. The average molecular weight is 537 g/mol. The molecule has 4 aromatic rings. The van der Waals surface area contributed by atoms with Gasteiger partial charge in [0.25, 0.3) is 5.91 Å². The number of thioether (sulfide) groups is 2. The van der Waals surface area contributed by atoms with Crippen LogP contribution in [0.25, 0.3) is 0 Å². The van der Waals surface area contributed by atoms with Crippen molar-refractivity contribution in [2.24, 2.45) is 5.10 Å². The highest BCUT2D eigenvalue weighted by Gasteiger charge is 2.09. The van der Waals surface area contributed by atoms with Gasteiger partial charge in [-0.25, -0.2) is 5.43 Å². The molecule has 0 saturated carbocycles. The molecule has 4 rings (SSSR count). The van der Waals surface area contributed by atoms with E-state index in [2.05, 4.69) is 32.9 Å². The van der Waals surface area contributed by atoms with E-state index in [9.17, 15) is 4.79 Å². The summed E-state index contributed by atoms with van der Waals surface area (Å²) in [6.45, 7) is 0.420. The monoisotopic (exact) mass is 536 g/mol. The number of amides is 1. The zero-order chi connectivity index (χ0) is 25.0. The number of hydrogen-bond donors (Lipinski definition) is 1. The molecule has 1 aromatic heterocycles. The number of methoxy groups -OCH3 is 1. The van der Waals surface area contributed by atoms with Gasteiger partial charge in [-0.3, -0.25) is 4.79 Å². The largest absolute Gasteiger partial charge is 0.493 e. The van der Waals surface area contributed by atoms with Gasteiger partial charge in [0.05, 0.1) is 19.1 Å². The fourth-order valence-corrected chi connectivity index (χ4v) is 5.76. The molecule has 0 aliphatic rings. The second-order valence-electron chi connectivity index (χ2n) is 7.37. The second kappa shape index (κ2) is 13.7. The van der Waals surface area contributed by atoms with E-state index >= 15 is 0 Å². The van der Waals surface area contributed by atoms with Crippen LogP contribution in [0.1, 0.15) is 16.7 Å². The van der Waals surface area contributed by atoms with Crippen LogP contribution in [-0.4, -0.2) is 35.2 Å². The lowest BCUT2D eigenvalue weighted by Crippen LogP contribution is -2.19. The molecule has 0 spiro atoms. The van der Waals surface area contributed by atoms with Gasteiger partial charge >= 0.3 is 0 Å². The lowest BCUT2D eigenvalue weighted by atomic mass is 10.2. The number of ether oxygens (including phenoxy) is 2. The summed E-state index contributed by atoms with van der Waals surface area (Å²) < 4.78 is 12.9. The number of carbonyl (C=O) groups excluding carboxylic acids is 1. The Labute approximate surface area is 222 Å². The fraction of sp³-hybridized carbons (Fsp3) is 0.154. The van der Waals surface area contributed by atoms with Crippen LogP contribution in [0, 0.1) is 0 Å². The van der Waals surface area contributed by atoms with Crippen LogP contribution in [0.15, 0.2) is 92.6 Å². The zero-order valence-corrected chi connectivity index (χ0v) is 21.9. The maximum atomic E-state index is 12.2. The third-order valence-electron chi connectivity index (χ3n) is 4.75. The SMILES string of the molecule is COc1ccc(/C=N\NC(=O)CSc2nnc(SCc3ccccc3)s2)cc1OCc1ccccc1. The predicted molar refractivity (Wildman–Crippen MR) is 146 cm³/mol. The predicted octanol–water partition coefficient (Wildman–Crippen LogP) is 5.66.